The highest BCUT2D eigenvalue weighted by molar-refractivity contribution is 9.09. The van der Waals surface area contributed by atoms with E-state index in [-0.39, 0.29) is 5.78 Å². The van der Waals surface area contributed by atoms with Crippen molar-refractivity contribution in [2.24, 2.45) is 0 Å². The summed E-state index contributed by atoms with van der Waals surface area (Å²) in [5.41, 5.74) is 0.959. The predicted octanol–water partition coefficient (Wildman–Crippen LogP) is 2.88. The number of carbonyl (C=O) groups is 1. The first kappa shape index (κ1) is 12.6. The minimum atomic E-state index is 0.157. The zero-order chi connectivity index (χ0) is 11.3. The average molecular weight is 289 g/mol. The molecule has 0 N–H and O–H groups in total. The molecule has 0 aliphatic carbocycles. The van der Waals surface area contributed by atoms with E-state index in [4.69, 9.17) is 4.74 Å². The van der Waals surface area contributed by atoms with E-state index in [1.54, 1.807) is 0 Å². The molecule has 1 rings (SSSR count). The molecule has 0 radical (unpaired) electrons. The van der Waals surface area contributed by atoms with Crippen molar-refractivity contribution in [1.82, 2.24) is 0 Å². The van der Waals surface area contributed by atoms with E-state index in [1.165, 1.54) is 0 Å². The van der Waals surface area contributed by atoms with Crippen molar-refractivity contribution in [2.45, 2.75) is 18.2 Å². The third-order valence-electron chi connectivity index (χ3n) is 1.87. The number of carbonyl (C=O) groups excluding carboxylic acids is 1. The molecule has 0 aliphatic rings. The second kappa shape index (κ2) is 6.18. The monoisotopic (exact) mass is 288 g/mol. The summed E-state index contributed by atoms with van der Waals surface area (Å²) < 4.78 is 5.39. The van der Waals surface area contributed by atoms with Crippen LogP contribution in [0, 0.1) is 0 Å². The Bertz CT molecular complexity index is 352. The van der Waals surface area contributed by atoms with Gasteiger partial charge in [-0.25, -0.2) is 0 Å². The first-order chi connectivity index (χ1) is 7.17. The molecule has 0 amide bonds. The molecule has 0 saturated heterocycles. The number of hydrogen-bond donors (Lipinski definition) is 1. The van der Waals surface area contributed by atoms with Gasteiger partial charge in [0.15, 0.2) is 0 Å². The summed E-state index contributed by atoms with van der Waals surface area (Å²) in [6.45, 7) is 2.52. The topological polar surface area (TPSA) is 26.3 Å². The van der Waals surface area contributed by atoms with Gasteiger partial charge in [0.25, 0.3) is 0 Å². The molecular weight excluding hydrogens is 276 g/mol. The third kappa shape index (κ3) is 3.87. The van der Waals surface area contributed by atoms with Crippen LogP contribution in [-0.4, -0.2) is 17.7 Å². The molecule has 0 fully saturated rings. The Hall–Kier alpha value is -0.480. The van der Waals surface area contributed by atoms with Crippen molar-refractivity contribution in [3.8, 4) is 5.75 Å². The normalized spacial score (nSPS) is 10.1. The number of rotatable bonds is 5. The first-order valence-corrected chi connectivity index (χ1v) is 6.26. The number of benzene rings is 1. The highest BCUT2D eigenvalue weighted by Gasteiger charge is 2.05. The van der Waals surface area contributed by atoms with Gasteiger partial charge in [0.2, 0.25) is 0 Å². The largest absolute Gasteiger partial charge is 0.493 e. The molecule has 4 heteroatoms. The Morgan fingerprint density at radius 3 is 2.87 bits per heavy atom. The van der Waals surface area contributed by atoms with E-state index < -0.39 is 0 Å². The summed E-state index contributed by atoms with van der Waals surface area (Å²) in [7, 11) is 0. The fourth-order valence-corrected chi connectivity index (χ4v) is 1.62. The molecule has 0 heterocycles. The van der Waals surface area contributed by atoms with Gasteiger partial charge in [-0.3, -0.25) is 4.79 Å². The van der Waals surface area contributed by atoms with Crippen molar-refractivity contribution in [2.75, 3.05) is 11.9 Å². The van der Waals surface area contributed by atoms with E-state index in [9.17, 15) is 4.79 Å². The van der Waals surface area contributed by atoms with Crippen molar-refractivity contribution in [1.29, 1.82) is 0 Å². The van der Waals surface area contributed by atoms with Gasteiger partial charge in [0, 0.05) is 11.3 Å². The number of alkyl halides is 1. The van der Waals surface area contributed by atoms with Gasteiger partial charge in [-0.15, -0.1) is 12.6 Å². The third-order valence-corrected chi connectivity index (χ3v) is 2.87. The molecule has 1 aromatic rings. The van der Waals surface area contributed by atoms with Crippen LogP contribution >= 0.6 is 28.6 Å². The van der Waals surface area contributed by atoms with Gasteiger partial charge in [-0.2, -0.15) is 0 Å². The predicted molar refractivity (Wildman–Crippen MR) is 67.4 cm³/mol. The van der Waals surface area contributed by atoms with Gasteiger partial charge >= 0.3 is 0 Å². The lowest BCUT2D eigenvalue weighted by atomic mass is 10.1. The SMILES string of the molecule is CCOc1cc(CC(=O)CBr)ccc1S. The lowest BCUT2D eigenvalue weighted by Gasteiger charge is -2.08. The summed E-state index contributed by atoms with van der Waals surface area (Å²) >= 11 is 7.41. The molecule has 0 unspecified atom stereocenters. The molecule has 82 valence electrons. The fraction of sp³-hybridized carbons (Fsp3) is 0.364. The maximum atomic E-state index is 11.2. The smallest absolute Gasteiger partial charge is 0.147 e. The Labute approximate surface area is 104 Å². The highest BCUT2D eigenvalue weighted by Crippen LogP contribution is 2.24. The zero-order valence-electron chi connectivity index (χ0n) is 8.50. The molecular formula is C11H13BrO2S. The minimum Gasteiger partial charge on any atom is -0.493 e. The van der Waals surface area contributed by atoms with Crippen LogP contribution in [0.1, 0.15) is 12.5 Å². The fourth-order valence-electron chi connectivity index (χ4n) is 1.21. The molecule has 2 nitrogen and oxygen atoms in total. The molecule has 15 heavy (non-hydrogen) atoms. The molecule has 0 saturated carbocycles. The first-order valence-electron chi connectivity index (χ1n) is 4.69. The van der Waals surface area contributed by atoms with E-state index in [2.05, 4.69) is 28.6 Å². The van der Waals surface area contributed by atoms with Crippen LogP contribution in [0.15, 0.2) is 23.1 Å². The van der Waals surface area contributed by atoms with E-state index in [1.807, 2.05) is 25.1 Å². The van der Waals surface area contributed by atoms with E-state index in [0.29, 0.717) is 18.4 Å². The van der Waals surface area contributed by atoms with Crippen molar-refractivity contribution < 1.29 is 9.53 Å². The van der Waals surface area contributed by atoms with E-state index in [0.717, 1.165) is 16.2 Å². The second-order valence-corrected chi connectivity index (χ2v) is 4.13. The number of ketones is 1. The summed E-state index contributed by atoms with van der Waals surface area (Å²) in [6.07, 6.45) is 0.430. The maximum Gasteiger partial charge on any atom is 0.147 e. The Balaban J connectivity index is 2.82. The summed E-state index contributed by atoms with van der Waals surface area (Å²) in [4.78, 5) is 12.0. The van der Waals surface area contributed by atoms with Crippen LogP contribution < -0.4 is 4.74 Å². The standard InChI is InChI=1S/C11H13BrO2S/c1-2-14-10-6-8(3-4-11(10)15)5-9(13)7-12/h3-4,6,15H,2,5,7H2,1H3. The summed E-state index contributed by atoms with van der Waals surface area (Å²) in [6, 6.07) is 5.61. The molecule has 0 spiro atoms. The average Bonchev–Trinajstić information content (AvgIpc) is 2.23. The van der Waals surface area contributed by atoms with Crippen LogP contribution in [0.5, 0.6) is 5.75 Å². The number of halogens is 1. The zero-order valence-corrected chi connectivity index (χ0v) is 11.0. The summed E-state index contributed by atoms with van der Waals surface area (Å²) in [5.74, 6) is 0.894. The van der Waals surface area contributed by atoms with Crippen LogP contribution in [0.25, 0.3) is 0 Å². The number of ether oxygens (including phenoxy) is 1. The van der Waals surface area contributed by atoms with Gasteiger partial charge in [0.05, 0.1) is 11.9 Å². The van der Waals surface area contributed by atoms with Crippen LogP contribution in [-0.2, 0) is 11.2 Å². The lowest BCUT2D eigenvalue weighted by Crippen LogP contribution is -2.04. The molecule has 0 aliphatic heterocycles. The van der Waals surface area contributed by atoms with Gasteiger partial charge in [-0.05, 0) is 24.6 Å². The van der Waals surface area contributed by atoms with Crippen molar-refractivity contribution >= 4 is 34.3 Å². The Kier molecular flexibility index (Phi) is 5.19. The number of thiol groups is 1. The molecule has 0 atom stereocenters. The van der Waals surface area contributed by atoms with Gasteiger partial charge < -0.3 is 4.74 Å². The van der Waals surface area contributed by atoms with Crippen molar-refractivity contribution in [3.05, 3.63) is 23.8 Å². The van der Waals surface area contributed by atoms with Crippen LogP contribution in [0.3, 0.4) is 0 Å². The van der Waals surface area contributed by atoms with Gasteiger partial charge in [-0.1, -0.05) is 22.0 Å². The highest BCUT2D eigenvalue weighted by atomic mass is 79.9. The molecule has 1 aromatic carbocycles. The van der Waals surface area contributed by atoms with Crippen LogP contribution in [0.2, 0.25) is 0 Å². The quantitative estimate of drug-likeness (QED) is 0.666. The molecule has 0 bridgehead atoms. The summed E-state index contributed by atoms with van der Waals surface area (Å²) in [5, 5.41) is 0.388. The lowest BCUT2D eigenvalue weighted by molar-refractivity contribution is -0.115. The van der Waals surface area contributed by atoms with Crippen LogP contribution in [0.4, 0.5) is 0 Å². The van der Waals surface area contributed by atoms with Gasteiger partial charge in [0.1, 0.15) is 11.5 Å². The Morgan fingerprint density at radius 2 is 2.27 bits per heavy atom. The number of hydrogen-bond acceptors (Lipinski definition) is 3. The maximum absolute atomic E-state index is 11.2. The minimum absolute atomic E-state index is 0.157. The van der Waals surface area contributed by atoms with Crippen molar-refractivity contribution in [3.63, 3.8) is 0 Å². The number of Topliss-reactive ketones (excluding diaryl/α,β-unsaturated/α-hetero) is 1. The second-order valence-electron chi connectivity index (χ2n) is 3.08. The Morgan fingerprint density at radius 1 is 1.53 bits per heavy atom. The molecule has 0 aromatic heterocycles. The van der Waals surface area contributed by atoms with E-state index >= 15 is 0 Å².